The van der Waals surface area contributed by atoms with E-state index in [0.717, 1.165) is 0 Å². The number of rotatable bonds is 1. The molecule has 1 heterocycles. The van der Waals surface area contributed by atoms with Gasteiger partial charge in [0.1, 0.15) is 0 Å². The molecule has 0 fully saturated rings. The van der Waals surface area contributed by atoms with Gasteiger partial charge in [-0.2, -0.15) is 0 Å². The SMILES string of the molecule is [2H]c1nc(-c2ccc(C(C)(C)C)cc2)c([2H])c([2H])c1[2H]. The van der Waals surface area contributed by atoms with Crippen LogP contribution in [-0.4, -0.2) is 4.98 Å². The topological polar surface area (TPSA) is 12.9 Å². The molecule has 2 rings (SSSR count). The van der Waals surface area contributed by atoms with Crippen LogP contribution in [0.3, 0.4) is 0 Å². The van der Waals surface area contributed by atoms with E-state index in [1.54, 1.807) is 0 Å². The lowest BCUT2D eigenvalue weighted by Gasteiger charge is -2.19. The van der Waals surface area contributed by atoms with Crippen LogP contribution in [0.1, 0.15) is 31.8 Å². The molecule has 1 aromatic carbocycles. The Labute approximate surface area is 103 Å². The van der Waals surface area contributed by atoms with E-state index in [1.807, 2.05) is 24.3 Å². The van der Waals surface area contributed by atoms with Crippen molar-refractivity contribution in [3.63, 3.8) is 0 Å². The summed E-state index contributed by atoms with van der Waals surface area (Å²) in [7, 11) is 0. The molecule has 0 aliphatic heterocycles. The van der Waals surface area contributed by atoms with E-state index in [4.69, 9.17) is 5.48 Å². The van der Waals surface area contributed by atoms with Gasteiger partial charge < -0.3 is 0 Å². The summed E-state index contributed by atoms with van der Waals surface area (Å²) in [4.78, 5) is 3.97. The number of aromatic nitrogens is 1. The Hall–Kier alpha value is -1.63. The minimum absolute atomic E-state index is 0.0436. The van der Waals surface area contributed by atoms with Crippen LogP contribution in [0.15, 0.2) is 48.6 Å². The molecule has 0 bridgehead atoms. The van der Waals surface area contributed by atoms with Gasteiger partial charge in [0.05, 0.1) is 11.2 Å². The van der Waals surface area contributed by atoms with Crippen molar-refractivity contribution in [2.24, 2.45) is 0 Å². The first-order valence-electron chi connectivity index (χ1n) is 7.27. The molecule has 0 spiro atoms. The zero-order valence-electron chi connectivity index (χ0n) is 13.8. The normalized spacial score (nSPS) is 14.9. The molecule has 0 saturated heterocycles. The van der Waals surface area contributed by atoms with Crippen LogP contribution >= 0.6 is 0 Å². The number of hydrogen-bond donors (Lipinski definition) is 0. The van der Waals surface area contributed by atoms with E-state index in [9.17, 15) is 0 Å². The molecule has 2 aromatic rings. The maximum absolute atomic E-state index is 7.89. The molecule has 16 heavy (non-hydrogen) atoms. The molecule has 0 unspecified atom stereocenters. The Kier molecular flexibility index (Phi) is 1.75. The van der Waals surface area contributed by atoms with Crippen molar-refractivity contribution in [2.45, 2.75) is 26.2 Å². The highest BCUT2D eigenvalue weighted by atomic mass is 14.7. The van der Waals surface area contributed by atoms with Crippen molar-refractivity contribution >= 4 is 0 Å². The van der Waals surface area contributed by atoms with Crippen molar-refractivity contribution in [2.75, 3.05) is 0 Å². The summed E-state index contributed by atoms with van der Waals surface area (Å²) < 4.78 is 30.7. The summed E-state index contributed by atoms with van der Waals surface area (Å²) in [5, 5.41) is 0. The second-order valence-electron chi connectivity index (χ2n) is 4.77. The van der Waals surface area contributed by atoms with Crippen LogP contribution in [-0.2, 0) is 5.41 Å². The maximum atomic E-state index is 7.89. The van der Waals surface area contributed by atoms with Crippen LogP contribution in [0.5, 0.6) is 0 Å². The lowest BCUT2D eigenvalue weighted by atomic mass is 9.86. The minimum Gasteiger partial charge on any atom is -0.256 e. The van der Waals surface area contributed by atoms with Crippen LogP contribution in [0.2, 0.25) is 0 Å². The molecule has 1 nitrogen and oxygen atoms in total. The Balaban J connectivity index is 2.53. The van der Waals surface area contributed by atoms with Crippen LogP contribution < -0.4 is 0 Å². The first kappa shape index (κ1) is 6.85. The molecule has 0 saturated carbocycles. The zero-order valence-corrected chi connectivity index (χ0v) is 9.76. The van der Waals surface area contributed by atoms with E-state index in [2.05, 4.69) is 25.8 Å². The Morgan fingerprint density at radius 3 is 2.38 bits per heavy atom. The lowest BCUT2D eigenvalue weighted by molar-refractivity contribution is 0.590. The second kappa shape index (κ2) is 4.09. The third-order valence-corrected chi connectivity index (χ3v) is 2.49. The fourth-order valence-electron chi connectivity index (χ4n) is 1.50. The highest BCUT2D eigenvalue weighted by molar-refractivity contribution is 5.59. The molecular formula is C15H17N. The highest BCUT2D eigenvalue weighted by Crippen LogP contribution is 2.24. The Bertz CT molecular complexity index is 642. The Morgan fingerprint density at radius 1 is 1.06 bits per heavy atom. The van der Waals surface area contributed by atoms with Gasteiger partial charge in [-0.05, 0) is 23.1 Å². The monoisotopic (exact) mass is 215 g/mol. The fraction of sp³-hybridized carbons (Fsp3) is 0.267. The summed E-state index contributed by atoms with van der Waals surface area (Å²) in [6, 6.07) is 6.99. The van der Waals surface area contributed by atoms with Crippen molar-refractivity contribution in [3.05, 3.63) is 54.1 Å². The van der Waals surface area contributed by atoms with Gasteiger partial charge in [0.25, 0.3) is 0 Å². The minimum atomic E-state index is -0.301. The maximum Gasteiger partial charge on any atom is 0.0840 e. The zero-order chi connectivity index (χ0) is 15.1. The predicted molar refractivity (Wildman–Crippen MR) is 68.4 cm³/mol. The molecule has 1 aromatic heterocycles. The van der Waals surface area contributed by atoms with E-state index >= 15 is 0 Å². The van der Waals surface area contributed by atoms with Gasteiger partial charge in [-0.1, -0.05) is 51.1 Å². The van der Waals surface area contributed by atoms with E-state index in [-0.39, 0.29) is 35.4 Å². The molecule has 0 radical (unpaired) electrons. The third kappa shape index (κ3) is 2.30. The largest absolute Gasteiger partial charge is 0.256 e. The van der Waals surface area contributed by atoms with E-state index in [1.165, 1.54) is 5.56 Å². The average Bonchev–Trinajstić information content (AvgIpc) is 2.40. The first-order chi connectivity index (χ1) is 9.21. The predicted octanol–water partition coefficient (Wildman–Crippen LogP) is 4.05. The third-order valence-electron chi connectivity index (χ3n) is 2.49. The fourth-order valence-corrected chi connectivity index (χ4v) is 1.50. The van der Waals surface area contributed by atoms with Gasteiger partial charge in [-0.15, -0.1) is 0 Å². The van der Waals surface area contributed by atoms with Gasteiger partial charge in [0.15, 0.2) is 0 Å². The average molecular weight is 215 g/mol. The standard InChI is InChI=1S/C15H17N/c1-15(2,3)13-9-7-12(8-10-13)14-6-4-5-11-16-14/h4-11H,1-3H3/i4D,5D,6D,11D. The summed E-state index contributed by atoms with van der Waals surface area (Å²) in [6.45, 7) is 6.36. The van der Waals surface area contributed by atoms with Crippen LogP contribution in [0, 0.1) is 0 Å². The first-order valence-corrected chi connectivity index (χ1v) is 5.27. The number of hydrogen-bond acceptors (Lipinski definition) is 1. The molecule has 0 atom stereocenters. The van der Waals surface area contributed by atoms with Crippen LogP contribution in [0.25, 0.3) is 11.3 Å². The molecule has 0 aliphatic rings. The van der Waals surface area contributed by atoms with Crippen molar-refractivity contribution in [1.29, 1.82) is 0 Å². The summed E-state index contributed by atoms with van der Waals surface area (Å²) in [5.74, 6) is 0. The van der Waals surface area contributed by atoms with Gasteiger partial charge in [-0.3, -0.25) is 4.98 Å². The Morgan fingerprint density at radius 2 is 1.75 bits per heavy atom. The van der Waals surface area contributed by atoms with Gasteiger partial charge in [0.2, 0.25) is 0 Å². The number of benzene rings is 1. The lowest BCUT2D eigenvalue weighted by Crippen LogP contribution is -2.10. The smallest absolute Gasteiger partial charge is 0.0840 e. The molecule has 1 heteroatoms. The highest BCUT2D eigenvalue weighted by Gasteiger charge is 2.12. The van der Waals surface area contributed by atoms with E-state index in [0.29, 0.717) is 5.56 Å². The summed E-state index contributed by atoms with van der Waals surface area (Å²) in [5.41, 5.74) is 2.20. The second-order valence-corrected chi connectivity index (χ2v) is 4.77. The number of nitrogens with zero attached hydrogens (tertiary/aromatic N) is 1. The number of pyridine rings is 1. The quantitative estimate of drug-likeness (QED) is 0.699. The summed E-state index contributed by atoms with van der Waals surface area (Å²) in [6.07, 6.45) is -0.263. The molecule has 0 N–H and O–H groups in total. The van der Waals surface area contributed by atoms with Gasteiger partial charge >= 0.3 is 0 Å². The van der Waals surface area contributed by atoms with Crippen molar-refractivity contribution < 1.29 is 5.48 Å². The molecule has 0 aliphatic carbocycles. The van der Waals surface area contributed by atoms with Gasteiger partial charge in [-0.25, -0.2) is 0 Å². The van der Waals surface area contributed by atoms with Crippen molar-refractivity contribution in [3.8, 4) is 11.3 Å². The molecule has 0 amide bonds. The molecular weight excluding hydrogens is 194 g/mol. The summed E-state index contributed by atoms with van der Waals surface area (Å²) >= 11 is 0. The van der Waals surface area contributed by atoms with E-state index < -0.39 is 0 Å². The molecule has 82 valence electrons. The van der Waals surface area contributed by atoms with Crippen LogP contribution in [0.4, 0.5) is 0 Å². The van der Waals surface area contributed by atoms with Gasteiger partial charge in [0, 0.05) is 11.7 Å². The van der Waals surface area contributed by atoms with Crippen molar-refractivity contribution in [1.82, 2.24) is 4.98 Å².